The summed E-state index contributed by atoms with van der Waals surface area (Å²) in [5.74, 6) is 3.30. The highest BCUT2D eigenvalue weighted by Crippen LogP contribution is 2.35. The van der Waals surface area contributed by atoms with E-state index in [-0.39, 0.29) is 0 Å². The number of hydrogen-bond donors (Lipinski definition) is 1. The normalized spacial score (nSPS) is 26.1. The molecule has 0 radical (unpaired) electrons. The number of benzene rings is 1. The van der Waals surface area contributed by atoms with E-state index in [1.807, 2.05) is 6.07 Å². The maximum atomic E-state index is 5.49. The van der Waals surface area contributed by atoms with Gasteiger partial charge in [-0.25, -0.2) is 0 Å². The Balaban J connectivity index is 1.68. The Bertz CT molecular complexity index is 486. The van der Waals surface area contributed by atoms with Gasteiger partial charge >= 0.3 is 0 Å². The van der Waals surface area contributed by atoms with Crippen molar-refractivity contribution >= 4 is 0 Å². The van der Waals surface area contributed by atoms with Crippen molar-refractivity contribution in [1.82, 2.24) is 5.32 Å². The van der Waals surface area contributed by atoms with Gasteiger partial charge < -0.3 is 14.8 Å². The zero-order chi connectivity index (χ0) is 14.8. The van der Waals surface area contributed by atoms with E-state index in [0.29, 0.717) is 18.9 Å². The van der Waals surface area contributed by atoms with Gasteiger partial charge in [0, 0.05) is 12.1 Å². The second-order valence-corrected chi connectivity index (χ2v) is 6.80. The monoisotopic (exact) mass is 289 g/mol. The molecule has 0 aromatic heterocycles. The molecule has 3 atom stereocenters. The molecule has 2 aliphatic rings. The van der Waals surface area contributed by atoms with E-state index in [4.69, 9.17) is 9.47 Å². The van der Waals surface area contributed by atoms with E-state index < -0.39 is 0 Å². The largest absolute Gasteiger partial charge is 0.454 e. The maximum Gasteiger partial charge on any atom is 0.231 e. The van der Waals surface area contributed by atoms with Crippen LogP contribution in [-0.2, 0) is 0 Å². The molecule has 3 nitrogen and oxygen atoms in total. The second-order valence-electron chi connectivity index (χ2n) is 6.80. The van der Waals surface area contributed by atoms with Crippen LogP contribution in [0.2, 0.25) is 0 Å². The van der Waals surface area contributed by atoms with Crippen molar-refractivity contribution in [1.29, 1.82) is 0 Å². The summed E-state index contributed by atoms with van der Waals surface area (Å²) >= 11 is 0. The van der Waals surface area contributed by atoms with E-state index in [0.717, 1.165) is 23.3 Å². The number of rotatable bonds is 4. The maximum absolute atomic E-state index is 5.49. The van der Waals surface area contributed by atoms with E-state index in [2.05, 4.69) is 38.2 Å². The van der Waals surface area contributed by atoms with Crippen LogP contribution >= 0.6 is 0 Å². The molecule has 0 saturated heterocycles. The molecule has 0 bridgehead atoms. The third-order valence-electron chi connectivity index (χ3n) is 5.04. The Morgan fingerprint density at radius 1 is 1.05 bits per heavy atom. The molecule has 3 rings (SSSR count). The fraction of sp³-hybridized carbons (Fsp3) is 0.667. The molecule has 3 heteroatoms. The van der Waals surface area contributed by atoms with Gasteiger partial charge in [-0.15, -0.1) is 0 Å². The van der Waals surface area contributed by atoms with Crippen molar-refractivity contribution in [2.24, 2.45) is 11.8 Å². The number of ether oxygens (including phenoxy) is 2. The molecule has 1 aliphatic heterocycles. The van der Waals surface area contributed by atoms with Crippen LogP contribution in [0.5, 0.6) is 11.5 Å². The van der Waals surface area contributed by atoms with Crippen LogP contribution in [-0.4, -0.2) is 12.8 Å². The lowest BCUT2D eigenvalue weighted by Crippen LogP contribution is -2.42. The molecule has 1 heterocycles. The van der Waals surface area contributed by atoms with Crippen molar-refractivity contribution in [2.45, 2.75) is 58.5 Å². The van der Waals surface area contributed by atoms with Crippen molar-refractivity contribution < 1.29 is 9.47 Å². The first-order chi connectivity index (χ1) is 10.1. The average molecular weight is 289 g/mol. The predicted octanol–water partition coefficient (Wildman–Crippen LogP) is 4.28. The number of fused-ring (bicyclic) bond motifs is 1. The molecule has 1 saturated carbocycles. The first-order valence-electron chi connectivity index (χ1n) is 8.30. The summed E-state index contributed by atoms with van der Waals surface area (Å²) in [6.07, 6.45) is 5.41. The first kappa shape index (κ1) is 14.7. The summed E-state index contributed by atoms with van der Waals surface area (Å²) in [6, 6.07) is 7.28. The first-order valence-corrected chi connectivity index (χ1v) is 8.30. The van der Waals surface area contributed by atoms with Crippen LogP contribution in [0, 0.1) is 11.8 Å². The van der Waals surface area contributed by atoms with E-state index in [1.54, 1.807) is 0 Å². The molecule has 21 heavy (non-hydrogen) atoms. The average Bonchev–Trinajstić information content (AvgIpc) is 2.94. The van der Waals surface area contributed by atoms with Crippen LogP contribution in [0.3, 0.4) is 0 Å². The van der Waals surface area contributed by atoms with Gasteiger partial charge in [0.1, 0.15) is 0 Å². The molecule has 0 spiro atoms. The third-order valence-corrected chi connectivity index (χ3v) is 5.04. The molecule has 1 fully saturated rings. The molecule has 1 N–H and O–H groups in total. The van der Waals surface area contributed by atoms with Gasteiger partial charge in [0.15, 0.2) is 11.5 Å². The second kappa shape index (κ2) is 6.27. The third kappa shape index (κ3) is 3.18. The van der Waals surface area contributed by atoms with Gasteiger partial charge in [-0.1, -0.05) is 32.8 Å². The van der Waals surface area contributed by atoms with Crippen LogP contribution in [0.4, 0.5) is 0 Å². The summed E-state index contributed by atoms with van der Waals surface area (Å²) in [5.41, 5.74) is 1.28. The van der Waals surface area contributed by atoms with Crippen molar-refractivity contribution in [3.05, 3.63) is 23.8 Å². The topological polar surface area (TPSA) is 30.5 Å². The molecule has 1 aliphatic carbocycles. The fourth-order valence-electron chi connectivity index (χ4n) is 3.76. The molecule has 0 amide bonds. The van der Waals surface area contributed by atoms with Gasteiger partial charge in [0.2, 0.25) is 6.79 Å². The Hall–Kier alpha value is -1.22. The molecular weight excluding hydrogens is 262 g/mol. The molecule has 1 aromatic carbocycles. The lowest BCUT2D eigenvalue weighted by molar-refractivity contribution is 0.174. The Labute approximate surface area is 128 Å². The molecule has 1 aromatic rings. The van der Waals surface area contributed by atoms with Crippen LogP contribution in [0.25, 0.3) is 0 Å². The van der Waals surface area contributed by atoms with Gasteiger partial charge in [-0.05, 0) is 49.3 Å². The van der Waals surface area contributed by atoms with Gasteiger partial charge in [0.25, 0.3) is 0 Å². The van der Waals surface area contributed by atoms with Gasteiger partial charge in [0.05, 0.1) is 0 Å². The smallest absolute Gasteiger partial charge is 0.231 e. The summed E-state index contributed by atoms with van der Waals surface area (Å²) in [4.78, 5) is 0. The lowest BCUT2D eigenvalue weighted by atomic mass is 9.77. The molecule has 3 unspecified atom stereocenters. The quantitative estimate of drug-likeness (QED) is 0.897. The molecule has 116 valence electrons. The minimum Gasteiger partial charge on any atom is -0.454 e. The molecular formula is C18H27NO2. The minimum atomic E-state index is 0.346. The SMILES string of the molecule is CC(NC1CCCCC1C(C)C)c1ccc2c(c1)OCO2. The summed E-state index contributed by atoms with van der Waals surface area (Å²) in [6.45, 7) is 7.31. The van der Waals surface area contributed by atoms with Crippen molar-refractivity contribution in [2.75, 3.05) is 6.79 Å². The van der Waals surface area contributed by atoms with E-state index in [1.165, 1.54) is 31.2 Å². The van der Waals surface area contributed by atoms with Gasteiger partial charge in [-0.3, -0.25) is 0 Å². The lowest BCUT2D eigenvalue weighted by Gasteiger charge is -2.37. The standard InChI is InChI=1S/C18H27NO2/c1-12(2)15-6-4-5-7-16(15)19-13(3)14-8-9-17-18(10-14)21-11-20-17/h8-10,12-13,15-16,19H,4-7,11H2,1-3H3. The van der Waals surface area contributed by atoms with Crippen molar-refractivity contribution in [3.8, 4) is 11.5 Å². The highest BCUT2D eigenvalue weighted by Gasteiger charge is 2.28. The summed E-state index contributed by atoms with van der Waals surface area (Å²) in [7, 11) is 0. The number of hydrogen-bond acceptors (Lipinski definition) is 3. The summed E-state index contributed by atoms with van der Waals surface area (Å²) in [5, 5.41) is 3.86. The highest BCUT2D eigenvalue weighted by atomic mass is 16.7. The Kier molecular flexibility index (Phi) is 4.39. The van der Waals surface area contributed by atoms with Crippen LogP contribution < -0.4 is 14.8 Å². The van der Waals surface area contributed by atoms with Gasteiger partial charge in [-0.2, -0.15) is 0 Å². The Morgan fingerprint density at radius 3 is 2.62 bits per heavy atom. The Morgan fingerprint density at radius 2 is 1.81 bits per heavy atom. The fourth-order valence-corrected chi connectivity index (χ4v) is 3.76. The van der Waals surface area contributed by atoms with E-state index >= 15 is 0 Å². The summed E-state index contributed by atoms with van der Waals surface area (Å²) < 4.78 is 10.9. The van der Waals surface area contributed by atoms with Crippen LogP contribution in [0.15, 0.2) is 18.2 Å². The zero-order valence-electron chi connectivity index (χ0n) is 13.4. The van der Waals surface area contributed by atoms with Crippen LogP contribution in [0.1, 0.15) is 58.1 Å². The zero-order valence-corrected chi connectivity index (χ0v) is 13.4. The predicted molar refractivity (Wildman–Crippen MR) is 84.7 cm³/mol. The van der Waals surface area contributed by atoms with E-state index in [9.17, 15) is 0 Å². The van der Waals surface area contributed by atoms with Crippen molar-refractivity contribution in [3.63, 3.8) is 0 Å². The minimum absolute atomic E-state index is 0.346. The number of nitrogens with one attached hydrogen (secondary N) is 1. The highest BCUT2D eigenvalue weighted by molar-refractivity contribution is 5.45.